The average Bonchev–Trinajstić information content (AvgIpc) is 2.53. The zero-order valence-corrected chi connectivity index (χ0v) is 12.2. The molecule has 2 rings (SSSR count). The van der Waals surface area contributed by atoms with E-state index >= 15 is 0 Å². The van der Waals surface area contributed by atoms with Crippen LogP contribution in [-0.2, 0) is 0 Å². The summed E-state index contributed by atoms with van der Waals surface area (Å²) in [6.07, 6.45) is 0.788. The number of pyridine rings is 1. The highest BCUT2D eigenvalue weighted by atomic mass is 32.2. The topological polar surface area (TPSA) is 79.7 Å². The molecule has 0 fully saturated rings. The molecule has 21 heavy (non-hydrogen) atoms. The quantitative estimate of drug-likeness (QED) is 0.799. The molecule has 6 heteroatoms. The van der Waals surface area contributed by atoms with E-state index in [2.05, 4.69) is 4.98 Å². The van der Waals surface area contributed by atoms with Crippen molar-refractivity contribution in [1.82, 2.24) is 4.98 Å². The van der Waals surface area contributed by atoms with E-state index in [-0.39, 0.29) is 5.69 Å². The Morgan fingerprint density at radius 3 is 2.90 bits per heavy atom. The molecule has 0 aliphatic rings. The first-order valence-corrected chi connectivity index (χ1v) is 7.23. The predicted octanol–water partition coefficient (Wildman–Crippen LogP) is 2.61. The van der Waals surface area contributed by atoms with Crippen LogP contribution in [0.15, 0.2) is 47.5 Å². The molecule has 1 aromatic heterocycles. The van der Waals surface area contributed by atoms with E-state index in [0.29, 0.717) is 11.5 Å². The van der Waals surface area contributed by atoms with Gasteiger partial charge in [0.15, 0.2) is 0 Å². The third-order valence-electron chi connectivity index (χ3n) is 2.84. The van der Waals surface area contributed by atoms with Crippen molar-refractivity contribution in [1.29, 1.82) is 0 Å². The van der Waals surface area contributed by atoms with Gasteiger partial charge in [0.05, 0.1) is 13.2 Å². The van der Waals surface area contributed by atoms with Crippen molar-refractivity contribution < 1.29 is 19.7 Å². The maximum absolute atomic E-state index is 10.8. The van der Waals surface area contributed by atoms with Crippen molar-refractivity contribution >= 4 is 17.7 Å². The zero-order chi connectivity index (χ0) is 15.2. The number of benzene rings is 1. The van der Waals surface area contributed by atoms with Crippen LogP contribution in [0.1, 0.15) is 22.2 Å². The Kier molecular flexibility index (Phi) is 5.19. The summed E-state index contributed by atoms with van der Waals surface area (Å²) >= 11 is 1.37. The highest BCUT2D eigenvalue weighted by Gasteiger charge is 2.11. The van der Waals surface area contributed by atoms with Gasteiger partial charge < -0.3 is 14.9 Å². The normalized spacial score (nSPS) is 11.9. The van der Waals surface area contributed by atoms with Gasteiger partial charge in [-0.3, -0.25) is 0 Å². The first-order chi connectivity index (χ1) is 10.1. The summed E-state index contributed by atoms with van der Waals surface area (Å²) in [6.45, 7) is 0. The largest absolute Gasteiger partial charge is 0.497 e. The lowest BCUT2D eigenvalue weighted by Crippen LogP contribution is -2.02. The van der Waals surface area contributed by atoms with Crippen LogP contribution in [0.25, 0.3) is 0 Å². The van der Waals surface area contributed by atoms with Gasteiger partial charge in [0.2, 0.25) is 0 Å². The minimum absolute atomic E-state index is 0.00382. The molecular weight excluding hydrogens is 290 g/mol. The maximum Gasteiger partial charge on any atom is 0.354 e. The Morgan fingerprint density at radius 2 is 2.19 bits per heavy atom. The second kappa shape index (κ2) is 7.10. The van der Waals surface area contributed by atoms with Crippen molar-refractivity contribution in [2.24, 2.45) is 0 Å². The fraction of sp³-hybridized carbons (Fsp3) is 0.200. The van der Waals surface area contributed by atoms with Gasteiger partial charge in [-0.1, -0.05) is 12.1 Å². The van der Waals surface area contributed by atoms with Crippen molar-refractivity contribution in [2.45, 2.75) is 11.0 Å². The fourth-order valence-corrected chi connectivity index (χ4v) is 2.63. The molecule has 110 valence electrons. The summed E-state index contributed by atoms with van der Waals surface area (Å²) < 4.78 is 5.12. The smallest absolute Gasteiger partial charge is 0.354 e. The molecule has 0 saturated carbocycles. The molecule has 0 spiro atoms. The Bertz CT molecular complexity index is 633. The first-order valence-electron chi connectivity index (χ1n) is 6.24. The molecule has 0 bridgehead atoms. The Balaban J connectivity index is 2.01. The van der Waals surface area contributed by atoms with Crippen LogP contribution in [0.2, 0.25) is 0 Å². The monoisotopic (exact) mass is 305 g/mol. The molecule has 2 aromatic rings. The number of aliphatic hydroxyl groups is 1. The second-order valence-electron chi connectivity index (χ2n) is 4.29. The van der Waals surface area contributed by atoms with E-state index < -0.39 is 12.1 Å². The van der Waals surface area contributed by atoms with Gasteiger partial charge in [0.25, 0.3) is 0 Å². The van der Waals surface area contributed by atoms with Gasteiger partial charge in [0.1, 0.15) is 11.4 Å². The van der Waals surface area contributed by atoms with E-state index in [1.807, 2.05) is 18.2 Å². The third kappa shape index (κ3) is 4.21. The Labute approximate surface area is 126 Å². The van der Waals surface area contributed by atoms with E-state index in [1.165, 1.54) is 24.0 Å². The van der Waals surface area contributed by atoms with Crippen LogP contribution in [0.3, 0.4) is 0 Å². The van der Waals surface area contributed by atoms with Gasteiger partial charge in [-0.05, 0) is 29.8 Å². The number of aromatic nitrogens is 1. The van der Waals surface area contributed by atoms with Crippen molar-refractivity contribution in [3.8, 4) is 5.75 Å². The zero-order valence-electron chi connectivity index (χ0n) is 11.4. The number of hydrogen-bond acceptors (Lipinski definition) is 5. The highest BCUT2D eigenvalue weighted by Crippen LogP contribution is 2.26. The molecule has 0 aliphatic heterocycles. The summed E-state index contributed by atoms with van der Waals surface area (Å²) in [5.74, 6) is 0.0374. The van der Waals surface area contributed by atoms with E-state index in [4.69, 9.17) is 9.84 Å². The van der Waals surface area contributed by atoms with E-state index in [1.54, 1.807) is 19.2 Å². The number of rotatable bonds is 6. The molecule has 0 radical (unpaired) electrons. The summed E-state index contributed by atoms with van der Waals surface area (Å²) in [5.41, 5.74) is 0.755. The number of carbonyl (C=O) groups is 1. The number of nitrogens with zero attached hydrogens (tertiary/aromatic N) is 1. The van der Waals surface area contributed by atoms with Crippen molar-refractivity contribution in [2.75, 3.05) is 12.9 Å². The lowest BCUT2D eigenvalue weighted by molar-refractivity contribution is 0.0690. The Morgan fingerprint density at radius 1 is 1.38 bits per heavy atom. The van der Waals surface area contributed by atoms with Gasteiger partial charge >= 0.3 is 5.97 Å². The number of aromatic carboxylic acids is 1. The summed E-state index contributed by atoms with van der Waals surface area (Å²) in [5, 5.41) is 19.1. The number of hydrogen-bond donors (Lipinski definition) is 2. The number of thioether (sulfide) groups is 1. The van der Waals surface area contributed by atoms with Gasteiger partial charge in [-0.15, -0.1) is 11.8 Å². The lowest BCUT2D eigenvalue weighted by Gasteiger charge is -2.12. The van der Waals surface area contributed by atoms with Gasteiger partial charge in [0, 0.05) is 16.8 Å². The second-order valence-corrected chi connectivity index (χ2v) is 5.38. The van der Waals surface area contributed by atoms with Crippen LogP contribution in [0.4, 0.5) is 0 Å². The Hall–Kier alpha value is -2.05. The SMILES string of the molecule is COc1cccc(C(O)CSc2ccnc(C(=O)O)c2)c1. The third-order valence-corrected chi connectivity index (χ3v) is 3.91. The van der Waals surface area contributed by atoms with Crippen LogP contribution in [-0.4, -0.2) is 34.0 Å². The molecule has 0 saturated heterocycles. The first kappa shape index (κ1) is 15.3. The predicted molar refractivity (Wildman–Crippen MR) is 79.9 cm³/mol. The molecule has 2 N–H and O–H groups in total. The molecule has 0 amide bonds. The molecule has 0 aliphatic carbocycles. The summed E-state index contributed by atoms with van der Waals surface area (Å²) in [6, 6.07) is 10.4. The van der Waals surface area contributed by atoms with Crippen LogP contribution < -0.4 is 4.74 Å². The number of aliphatic hydroxyl groups excluding tert-OH is 1. The van der Waals surface area contributed by atoms with Crippen LogP contribution in [0.5, 0.6) is 5.75 Å². The lowest BCUT2D eigenvalue weighted by atomic mass is 10.1. The fourth-order valence-electron chi connectivity index (χ4n) is 1.74. The highest BCUT2D eigenvalue weighted by molar-refractivity contribution is 7.99. The van der Waals surface area contributed by atoms with E-state index in [9.17, 15) is 9.90 Å². The number of ether oxygens (including phenoxy) is 1. The average molecular weight is 305 g/mol. The number of carboxylic acid groups (broad SMARTS) is 1. The molecular formula is C15H15NO4S. The molecule has 5 nitrogen and oxygen atoms in total. The van der Waals surface area contributed by atoms with Crippen molar-refractivity contribution in [3.63, 3.8) is 0 Å². The summed E-state index contributed by atoms with van der Waals surface area (Å²) in [7, 11) is 1.57. The molecule has 1 unspecified atom stereocenters. The molecule has 1 aromatic carbocycles. The number of carboxylic acids is 1. The minimum Gasteiger partial charge on any atom is -0.497 e. The van der Waals surface area contributed by atoms with E-state index in [0.717, 1.165) is 10.5 Å². The standard InChI is InChI=1S/C15H15NO4S/c1-20-11-4-2-3-10(7-11)14(17)9-21-12-5-6-16-13(8-12)15(18)19/h2-8,14,17H,9H2,1H3,(H,18,19). The maximum atomic E-state index is 10.8. The summed E-state index contributed by atoms with van der Waals surface area (Å²) in [4.78, 5) is 15.4. The number of methoxy groups -OCH3 is 1. The molecule has 1 atom stereocenters. The van der Waals surface area contributed by atoms with Crippen LogP contribution >= 0.6 is 11.8 Å². The van der Waals surface area contributed by atoms with Gasteiger partial charge in [-0.2, -0.15) is 0 Å². The van der Waals surface area contributed by atoms with Crippen molar-refractivity contribution in [3.05, 3.63) is 53.9 Å². The van der Waals surface area contributed by atoms with Gasteiger partial charge in [-0.25, -0.2) is 9.78 Å². The molecule has 1 heterocycles. The minimum atomic E-state index is -1.06. The van der Waals surface area contributed by atoms with Crippen LogP contribution in [0, 0.1) is 0 Å².